The zero-order chi connectivity index (χ0) is 17.8. The molecule has 0 saturated carbocycles. The number of rotatable bonds is 5. The van der Waals surface area contributed by atoms with E-state index in [9.17, 15) is 4.79 Å². The van der Waals surface area contributed by atoms with Gasteiger partial charge >= 0.3 is 0 Å². The Labute approximate surface area is 151 Å². The first-order valence-corrected chi connectivity index (χ1v) is 8.15. The molecule has 1 aliphatic heterocycles. The van der Waals surface area contributed by atoms with Gasteiger partial charge in [0.1, 0.15) is 12.3 Å². The molecule has 1 N–H and O–H groups in total. The molecule has 0 spiro atoms. The van der Waals surface area contributed by atoms with Gasteiger partial charge in [-0.3, -0.25) is 9.69 Å². The molecular weight excluding hydrogens is 336 g/mol. The second-order valence-corrected chi connectivity index (χ2v) is 5.92. The number of carbonyl (C=O) groups excluding carboxylic acids is 1. The van der Waals surface area contributed by atoms with Gasteiger partial charge < -0.3 is 14.8 Å². The summed E-state index contributed by atoms with van der Waals surface area (Å²) >= 11 is 5.07. The van der Waals surface area contributed by atoms with Crippen LogP contribution in [0, 0.1) is 0 Å². The number of nitrogens with zero attached hydrogens (tertiary/aromatic N) is 1. The van der Waals surface area contributed by atoms with Crippen LogP contribution in [0.5, 0.6) is 11.5 Å². The van der Waals surface area contributed by atoms with E-state index in [2.05, 4.69) is 5.32 Å². The summed E-state index contributed by atoms with van der Waals surface area (Å²) in [6, 6.07) is 15.4. The molecule has 0 unspecified atom stereocenters. The van der Waals surface area contributed by atoms with E-state index in [-0.39, 0.29) is 5.91 Å². The first kappa shape index (κ1) is 17.0. The molecule has 0 aliphatic carbocycles. The highest BCUT2D eigenvalue weighted by atomic mass is 32.1. The van der Waals surface area contributed by atoms with Gasteiger partial charge in [0.25, 0.3) is 5.91 Å². The Morgan fingerprint density at radius 1 is 1.16 bits per heavy atom. The number of nitrogens with one attached hydrogen (secondary N) is 1. The van der Waals surface area contributed by atoms with Crippen LogP contribution >= 0.6 is 12.2 Å². The molecule has 0 radical (unpaired) electrons. The number of carbonyl (C=O) groups is 1. The molecule has 1 amide bonds. The lowest BCUT2D eigenvalue weighted by Gasteiger charge is -2.11. The van der Waals surface area contributed by atoms with E-state index in [1.54, 1.807) is 20.2 Å². The smallest absolute Gasteiger partial charge is 0.276 e. The molecule has 2 aromatic carbocycles. The summed E-state index contributed by atoms with van der Waals surface area (Å²) in [6.07, 6.45) is 1.74. The van der Waals surface area contributed by atoms with Crippen LogP contribution in [0.2, 0.25) is 0 Å². The minimum absolute atomic E-state index is 0.159. The Morgan fingerprint density at radius 3 is 2.56 bits per heavy atom. The quantitative estimate of drug-likeness (QED) is 0.661. The van der Waals surface area contributed by atoms with Crippen LogP contribution in [0.4, 0.5) is 0 Å². The van der Waals surface area contributed by atoms with Gasteiger partial charge in [-0.1, -0.05) is 36.4 Å². The van der Waals surface area contributed by atoms with Gasteiger partial charge in [-0.05, 0) is 41.6 Å². The van der Waals surface area contributed by atoms with Gasteiger partial charge in [-0.25, -0.2) is 0 Å². The van der Waals surface area contributed by atoms with Crippen LogP contribution in [0.15, 0.2) is 54.2 Å². The molecule has 6 heteroatoms. The van der Waals surface area contributed by atoms with Crippen molar-refractivity contribution in [3.63, 3.8) is 0 Å². The van der Waals surface area contributed by atoms with Crippen molar-refractivity contribution >= 4 is 29.3 Å². The third-order valence-corrected chi connectivity index (χ3v) is 4.19. The number of benzene rings is 2. The maximum atomic E-state index is 12.1. The summed E-state index contributed by atoms with van der Waals surface area (Å²) in [4.78, 5) is 13.5. The van der Waals surface area contributed by atoms with E-state index in [4.69, 9.17) is 21.7 Å². The van der Waals surface area contributed by atoms with E-state index < -0.39 is 0 Å². The van der Waals surface area contributed by atoms with Gasteiger partial charge in [-0.15, -0.1) is 0 Å². The fourth-order valence-corrected chi connectivity index (χ4v) is 2.61. The van der Waals surface area contributed by atoms with Crippen LogP contribution in [0.3, 0.4) is 0 Å². The number of methoxy groups -OCH3 is 1. The molecule has 5 nitrogen and oxygen atoms in total. The predicted molar refractivity (Wildman–Crippen MR) is 100 cm³/mol. The second kappa shape index (κ2) is 7.36. The predicted octanol–water partition coefficient (Wildman–Crippen LogP) is 2.96. The monoisotopic (exact) mass is 354 g/mol. The van der Waals surface area contributed by atoms with Crippen LogP contribution in [-0.2, 0) is 11.4 Å². The van der Waals surface area contributed by atoms with Crippen molar-refractivity contribution in [1.29, 1.82) is 0 Å². The van der Waals surface area contributed by atoms with E-state index in [0.29, 0.717) is 28.9 Å². The Kier molecular flexibility index (Phi) is 5.00. The summed E-state index contributed by atoms with van der Waals surface area (Å²) in [5, 5.41) is 3.29. The van der Waals surface area contributed by atoms with Crippen LogP contribution < -0.4 is 14.8 Å². The molecular formula is C19H18N2O3S. The van der Waals surface area contributed by atoms with Gasteiger partial charge in [0.2, 0.25) is 0 Å². The van der Waals surface area contributed by atoms with Crippen molar-refractivity contribution in [1.82, 2.24) is 10.2 Å². The molecule has 128 valence electrons. The second-order valence-electron chi connectivity index (χ2n) is 5.54. The molecule has 3 rings (SSSR count). The lowest BCUT2D eigenvalue weighted by atomic mass is 10.1. The zero-order valence-electron chi connectivity index (χ0n) is 14.0. The molecule has 0 aromatic heterocycles. The fraction of sp³-hybridized carbons (Fsp3) is 0.158. The average Bonchev–Trinajstić information content (AvgIpc) is 2.88. The fourth-order valence-electron chi connectivity index (χ4n) is 2.42. The van der Waals surface area contributed by atoms with Crippen molar-refractivity contribution < 1.29 is 14.3 Å². The summed E-state index contributed by atoms with van der Waals surface area (Å²) in [7, 11) is 3.23. The minimum Gasteiger partial charge on any atom is -0.493 e. The van der Waals surface area contributed by atoms with Gasteiger partial charge in [0.05, 0.1) is 7.11 Å². The van der Waals surface area contributed by atoms with Gasteiger partial charge in [0, 0.05) is 7.05 Å². The van der Waals surface area contributed by atoms with Crippen LogP contribution in [0.25, 0.3) is 6.08 Å². The molecule has 1 aliphatic rings. The summed E-state index contributed by atoms with van der Waals surface area (Å²) in [5.74, 6) is 1.09. The first-order chi connectivity index (χ1) is 12.1. The third-order valence-electron chi connectivity index (χ3n) is 3.82. The van der Waals surface area contributed by atoms with Crippen molar-refractivity contribution in [2.24, 2.45) is 0 Å². The standard InChI is InChI=1S/C19H18N2O3S/c1-21-18(22)15(20-19(21)25)10-14-8-9-16(17(11-14)23-2)24-12-13-6-4-3-5-7-13/h3-11H,12H2,1-2H3,(H,20,25)/b15-10-. The van der Waals surface area contributed by atoms with E-state index in [0.717, 1.165) is 11.1 Å². The molecule has 0 atom stereocenters. The Morgan fingerprint density at radius 2 is 1.92 bits per heavy atom. The minimum atomic E-state index is -0.159. The SMILES string of the molecule is COc1cc(/C=C2\NC(=S)N(C)C2=O)ccc1OCc1ccccc1. The van der Waals surface area contributed by atoms with E-state index in [1.807, 2.05) is 48.5 Å². The Bertz CT molecular complexity index is 834. The summed E-state index contributed by atoms with van der Waals surface area (Å²) < 4.78 is 11.2. The number of likely N-dealkylation sites (N-methyl/N-ethyl adjacent to an activating group) is 1. The number of hydrogen-bond acceptors (Lipinski definition) is 4. The van der Waals surface area contributed by atoms with Crippen molar-refractivity contribution in [2.75, 3.05) is 14.2 Å². The average molecular weight is 354 g/mol. The largest absolute Gasteiger partial charge is 0.493 e. The topological polar surface area (TPSA) is 50.8 Å². The number of ether oxygens (including phenoxy) is 2. The normalized spacial score (nSPS) is 15.4. The van der Waals surface area contributed by atoms with Crippen LogP contribution in [-0.4, -0.2) is 30.1 Å². The molecule has 1 saturated heterocycles. The van der Waals surface area contributed by atoms with Crippen molar-refractivity contribution in [3.05, 3.63) is 65.4 Å². The molecule has 25 heavy (non-hydrogen) atoms. The highest BCUT2D eigenvalue weighted by Crippen LogP contribution is 2.30. The zero-order valence-corrected chi connectivity index (χ0v) is 14.8. The van der Waals surface area contributed by atoms with Crippen molar-refractivity contribution in [3.8, 4) is 11.5 Å². The molecule has 2 aromatic rings. The number of thiocarbonyl (C=S) groups is 1. The van der Waals surface area contributed by atoms with Gasteiger partial charge in [-0.2, -0.15) is 0 Å². The summed E-state index contributed by atoms with van der Waals surface area (Å²) in [5.41, 5.74) is 2.33. The molecule has 1 fully saturated rings. The number of hydrogen-bond donors (Lipinski definition) is 1. The maximum absolute atomic E-state index is 12.1. The van der Waals surface area contributed by atoms with Crippen molar-refractivity contribution in [2.45, 2.75) is 6.61 Å². The Hall–Kier alpha value is -2.86. The highest BCUT2D eigenvalue weighted by Gasteiger charge is 2.26. The Balaban J connectivity index is 1.78. The highest BCUT2D eigenvalue weighted by molar-refractivity contribution is 7.80. The van der Waals surface area contributed by atoms with Gasteiger partial charge in [0.15, 0.2) is 16.6 Å². The molecule has 1 heterocycles. The van der Waals surface area contributed by atoms with Crippen LogP contribution in [0.1, 0.15) is 11.1 Å². The third kappa shape index (κ3) is 3.80. The lowest BCUT2D eigenvalue weighted by molar-refractivity contribution is -0.121. The first-order valence-electron chi connectivity index (χ1n) is 7.74. The lowest BCUT2D eigenvalue weighted by Crippen LogP contribution is -2.25. The van der Waals surface area contributed by atoms with E-state index in [1.165, 1.54) is 4.90 Å². The molecule has 0 bridgehead atoms. The number of amides is 1. The maximum Gasteiger partial charge on any atom is 0.276 e. The summed E-state index contributed by atoms with van der Waals surface area (Å²) in [6.45, 7) is 0.455. The van der Waals surface area contributed by atoms with E-state index >= 15 is 0 Å².